The van der Waals surface area contributed by atoms with E-state index in [2.05, 4.69) is 36.3 Å². The van der Waals surface area contributed by atoms with E-state index in [9.17, 15) is 0 Å². The van der Waals surface area contributed by atoms with Gasteiger partial charge in [-0.3, -0.25) is 0 Å². The summed E-state index contributed by atoms with van der Waals surface area (Å²) in [6.45, 7) is 0. The minimum absolute atomic E-state index is 0.860. The average molecular weight is 300 g/mol. The topological polar surface area (TPSA) is 5.90 Å². The molecular weight excluding hydrogens is 266 g/mol. The van der Waals surface area contributed by atoms with Crippen molar-refractivity contribution in [1.29, 1.82) is 0 Å². The molecule has 2 fully saturated rings. The molecule has 0 amide bonds. The molecule has 1 radical (unpaired) electrons. The van der Waals surface area contributed by atoms with Gasteiger partial charge in [-0.15, -0.1) is 0 Å². The van der Waals surface area contributed by atoms with E-state index in [1.54, 1.807) is 0 Å². The van der Waals surface area contributed by atoms with E-state index < -0.39 is 0 Å². The van der Waals surface area contributed by atoms with Crippen LogP contribution >= 0.6 is 0 Å². The van der Waals surface area contributed by atoms with Crippen LogP contribution in [0.2, 0.25) is 0 Å². The molecule has 2 saturated carbocycles. The minimum Gasteiger partial charge on any atom is -0.167 e. The molecule has 0 aromatic heterocycles. The first-order chi connectivity index (χ1) is 10.8. The van der Waals surface area contributed by atoms with Crippen molar-refractivity contribution < 1.29 is 0 Å². The van der Waals surface area contributed by atoms with Crippen molar-refractivity contribution in [3.63, 3.8) is 0 Å². The van der Waals surface area contributed by atoms with Crippen LogP contribution in [0.4, 0.5) is 0 Å². The molecule has 0 aliphatic heterocycles. The third-order valence-corrected chi connectivity index (χ3v) is 7.42. The van der Waals surface area contributed by atoms with Gasteiger partial charge in [-0.05, 0) is 63.2 Å². The van der Waals surface area contributed by atoms with Crippen LogP contribution in [0, 0.1) is 23.7 Å². The summed E-state index contributed by atoms with van der Waals surface area (Å²) in [5, 5.41) is 0. The van der Waals surface area contributed by atoms with E-state index in [-0.39, 0.29) is 0 Å². The van der Waals surface area contributed by atoms with E-state index in [4.69, 9.17) is 0 Å². The Hall–Kier alpha value is -0.560. The highest BCUT2D eigenvalue weighted by atomic mass is 15.2. The van der Waals surface area contributed by atoms with Gasteiger partial charge in [0.25, 0.3) is 0 Å². The fraction of sp³-hybridized carbons (Fsp3) is 0.810. The Labute approximate surface area is 136 Å². The summed E-state index contributed by atoms with van der Waals surface area (Å²) in [7, 11) is 2.48. The van der Waals surface area contributed by atoms with Crippen LogP contribution in [0.5, 0.6) is 0 Å². The van der Waals surface area contributed by atoms with Crippen LogP contribution in [0.25, 0.3) is 0 Å². The zero-order valence-electron chi connectivity index (χ0n) is 14.3. The van der Waals surface area contributed by atoms with Crippen LogP contribution in [-0.4, -0.2) is 19.1 Å². The molecule has 0 saturated heterocycles. The van der Waals surface area contributed by atoms with Gasteiger partial charge in [-0.1, -0.05) is 24.3 Å². The summed E-state index contributed by atoms with van der Waals surface area (Å²) in [5.41, 5.74) is 0. The Morgan fingerprint density at radius 1 is 0.636 bits per heavy atom. The molecule has 1 heteroatoms. The lowest BCUT2D eigenvalue weighted by atomic mass is 9.67. The monoisotopic (exact) mass is 299 g/mol. The van der Waals surface area contributed by atoms with Crippen LogP contribution in [-0.2, 0) is 0 Å². The molecule has 0 spiro atoms. The molecule has 0 heterocycles. The standard InChI is InChI=1S/C21H33N/c1-22(20-14-6-10-16-8-2-4-12-18(16)20)21-15-7-11-17-9-3-5-13-19(17)21/h2-5,16-21H,6-15H2,1H3/q+1. The predicted molar refractivity (Wildman–Crippen MR) is 94.0 cm³/mol. The first-order valence-corrected chi connectivity index (χ1v) is 9.86. The molecule has 4 aliphatic carbocycles. The Morgan fingerprint density at radius 3 is 1.59 bits per heavy atom. The van der Waals surface area contributed by atoms with Gasteiger partial charge in [0.15, 0.2) is 0 Å². The molecule has 4 rings (SSSR count). The Balaban J connectivity index is 1.51. The van der Waals surface area contributed by atoms with Crippen LogP contribution < -0.4 is 4.90 Å². The van der Waals surface area contributed by atoms with E-state index in [0.717, 1.165) is 35.8 Å². The molecule has 6 atom stereocenters. The van der Waals surface area contributed by atoms with Gasteiger partial charge in [-0.2, -0.15) is 4.90 Å². The van der Waals surface area contributed by atoms with Crippen molar-refractivity contribution in [2.75, 3.05) is 7.05 Å². The zero-order valence-corrected chi connectivity index (χ0v) is 14.3. The molecule has 4 aliphatic rings. The summed E-state index contributed by atoms with van der Waals surface area (Å²) in [6.07, 6.45) is 24.1. The second-order valence-corrected chi connectivity index (χ2v) is 8.40. The predicted octanol–water partition coefficient (Wildman–Crippen LogP) is 5.03. The number of nitrogens with zero attached hydrogens (tertiary/aromatic N) is 1. The van der Waals surface area contributed by atoms with Crippen molar-refractivity contribution in [3.8, 4) is 0 Å². The van der Waals surface area contributed by atoms with E-state index in [0.29, 0.717) is 0 Å². The highest BCUT2D eigenvalue weighted by Gasteiger charge is 2.47. The second-order valence-electron chi connectivity index (χ2n) is 8.40. The number of fused-ring (bicyclic) bond motifs is 2. The molecule has 0 aromatic rings. The van der Waals surface area contributed by atoms with Crippen molar-refractivity contribution in [2.24, 2.45) is 23.7 Å². The highest BCUT2D eigenvalue weighted by molar-refractivity contribution is 5.06. The number of rotatable bonds is 2. The van der Waals surface area contributed by atoms with Crippen LogP contribution in [0.3, 0.4) is 0 Å². The van der Waals surface area contributed by atoms with E-state index in [1.807, 2.05) is 0 Å². The Morgan fingerprint density at radius 2 is 1.09 bits per heavy atom. The van der Waals surface area contributed by atoms with Gasteiger partial charge in [0.05, 0.1) is 0 Å². The Kier molecular flexibility index (Phi) is 4.44. The van der Waals surface area contributed by atoms with Gasteiger partial charge in [0, 0.05) is 24.7 Å². The maximum Gasteiger partial charge on any atom is 0.136 e. The van der Waals surface area contributed by atoms with Gasteiger partial charge >= 0.3 is 0 Å². The van der Waals surface area contributed by atoms with Gasteiger partial charge in [-0.25, -0.2) is 0 Å². The molecule has 6 unspecified atom stereocenters. The average Bonchev–Trinajstić information content (AvgIpc) is 2.60. The lowest BCUT2D eigenvalue weighted by Gasteiger charge is -2.44. The van der Waals surface area contributed by atoms with Crippen LogP contribution in [0.1, 0.15) is 64.2 Å². The van der Waals surface area contributed by atoms with Crippen LogP contribution in [0.15, 0.2) is 24.3 Å². The third-order valence-electron chi connectivity index (χ3n) is 7.42. The largest absolute Gasteiger partial charge is 0.167 e. The third kappa shape index (κ3) is 2.70. The van der Waals surface area contributed by atoms with Crippen molar-refractivity contribution in [1.82, 2.24) is 4.90 Å². The van der Waals surface area contributed by atoms with E-state index >= 15 is 0 Å². The van der Waals surface area contributed by atoms with Crippen molar-refractivity contribution >= 4 is 0 Å². The molecule has 22 heavy (non-hydrogen) atoms. The fourth-order valence-electron chi connectivity index (χ4n) is 6.25. The summed E-state index contributed by atoms with van der Waals surface area (Å²) in [4.78, 5) is 2.88. The smallest absolute Gasteiger partial charge is 0.136 e. The zero-order chi connectivity index (χ0) is 14.9. The number of hydrogen-bond acceptors (Lipinski definition) is 1. The molecular formula is C21H33N+. The fourth-order valence-corrected chi connectivity index (χ4v) is 6.25. The maximum atomic E-state index is 2.88. The molecule has 0 aromatic carbocycles. The molecule has 121 valence electrons. The molecule has 0 bridgehead atoms. The summed E-state index contributed by atoms with van der Waals surface area (Å²) >= 11 is 0. The van der Waals surface area contributed by atoms with Crippen molar-refractivity contribution in [3.05, 3.63) is 24.3 Å². The van der Waals surface area contributed by atoms with E-state index in [1.165, 1.54) is 64.2 Å². The van der Waals surface area contributed by atoms with Gasteiger partial charge in [0.1, 0.15) is 19.1 Å². The first-order valence-electron chi connectivity index (χ1n) is 9.86. The number of allylic oxidation sites excluding steroid dienone is 4. The minimum atomic E-state index is 0.860. The highest BCUT2D eigenvalue weighted by Crippen LogP contribution is 2.44. The number of hydrogen-bond donors (Lipinski definition) is 0. The SMILES string of the molecule is C[N+](C1CCCC2CC=CCC21)C1CCCC2CC=CCC21. The molecule has 1 nitrogen and oxygen atoms in total. The van der Waals surface area contributed by atoms with Gasteiger partial charge in [0.2, 0.25) is 0 Å². The first kappa shape index (κ1) is 15.0. The summed E-state index contributed by atoms with van der Waals surface area (Å²) < 4.78 is 0. The summed E-state index contributed by atoms with van der Waals surface area (Å²) in [5.74, 6) is 3.86. The lowest BCUT2D eigenvalue weighted by molar-refractivity contribution is 0.0584. The van der Waals surface area contributed by atoms with Crippen molar-refractivity contribution in [2.45, 2.75) is 76.3 Å². The normalized spacial score (nSPS) is 44.6. The van der Waals surface area contributed by atoms with Gasteiger partial charge < -0.3 is 0 Å². The quantitative estimate of drug-likeness (QED) is 0.498. The molecule has 0 N–H and O–H groups in total. The Bertz CT molecular complexity index is 397. The summed E-state index contributed by atoms with van der Waals surface area (Å²) in [6, 6.07) is 1.72. The second kappa shape index (κ2) is 6.51. The maximum absolute atomic E-state index is 2.88. The lowest BCUT2D eigenvalue weighted by Crippen LogP contribution is -2.56.